The maximum atomic E-state index is 4.53. The second-order valence-corrected chi connectivity index (χ2v) is 7.64. The summed E-state index contributed by atoms with van der Waals surface area (Å²) in [5, 5.41) is 8.12. The van der Waals surface area contributed by atoms with Crippen molar-refractivity contribution in [2.75, 3.05) is 14.1 Å². The number of aromatic nitrogens is 2. The van der Waals surface area contributed by atoms with Gasteiger partial charge >= 0.3 is 0 Å². The highest BCUT2D eigenvalue weighted by Gasteiger charge is 2.40. The monoisotopic (exact) mass is 354 g/mol. The molecular weight excluding hydrogens is 328 g/mol. The number of aryl methyl sites for hydroxylation is 2. The lowest BCUT2D eigenvalue weighted by Gasteiger charge is -2.39. The quantitative estimate of drug-likeness (QED) is 0.901. The first kappa shape index (κ1) is 15.5. The molecule has 2 aliphatic heterocycles. The second kappa shape index (κ2) is 6.01. The fourth-order valence-electron chi connectivity index (χ4n) is 4.40. The van der Waals surface area contributed by atoms with Gasteiger partial charge < -0.3 is 10.2 Å². The van der Waals surface area contributed by atoms with Crippen molar-refractivity contribution in [2.45, 2.75) is 57.2 Å². The summed E-state index contributed by atoms with van der Waals surface area (Å²) in [6, 6.07) is 2.16. The standard InChI is InChI=1S/C16H27BrN4/c1-10-16(17)15(21(4)19-10)9-14(18-2)11-7-12-5-6-13(8-11)20(12)3/h11-14,18H,5-9H2,1-4H3. The highest BCUT2D eigenvalue weighted by Crippen LogP contribution is 2.39. The maximum Gasteiger partial charge on any atom is 0.0738 e. The number of hydrogen-bond donors (Lipinski definition) is 1. The Morgan fingerprint density at radius 3 is 2.38 bits per heavy atom. The number of hydrogen-bond acceptors (Lipinski definition) is 3. The molecule has 3 atom stereocenters. The van der Waals surface area contributed by atoms with Crippen molar-refractivity contribution in [3.05, 3.63) is 15.9 Å². The summed E-state index contributed by atoms with van der Waals surface area (Å²) in [6.07, 6.45) is 6.52. The first-order valence-electron chi connectivity index (χ1n) is 8.08. The lowest BCUT2D eigenvalue weighted by atomic mass is 9.83. The Labute approximate surface area is 136 Å². The van der Waals surface area contributed by atoms with Crippen LogP contribution in [0.3, 0.4) is 0 Å². The van der Waals surface area contributed by atoms with Crippen LogP contribution < -0.4 is 5.32 Å². The normalized spacial score (nSPS) is 30.8. The van der Waals surface area contributed by atoms with Gasteiger partial charge in [0.05, 0.1) is 15.9 Å². The van der Waals surface area contributed by atoms with Crippen LogP contribution >= 0.6 is 15.9 Å². The number of fused-ring (bicyclic) bond motifs is 2. The molecule has 0 aromatic carbocycles. The van der Waals surface area contributed by atoms with Gasteiger partial charge in [-0.05, 0) is 68.6 Å². The van der Waals surface area contributed by atoms with E-state index in [0.717, 1.165) is 30.1 Å². The summed E-state index contributed by atoms with van der Waals surface area (Å²) in [4.78, 5) is 2.62. The third-order valence-electron chi connectivity index (χ3n) is 5.75. The van der Waals surface area contributed by atoms with Crippen molar-refractivity contribution in [3.8, 4) is 0 Å². The molecular formula is C16H27BrN4. The molecule has 0 spiro atoms. The minimum absolute atomic E-state index is 0.549. The number of rotatable bonds is 4. The number of piperidine rings is 1. The van der Waals surface area contributed by atoms with Crippen LogP contribution in [-0.2, 0) is 13.5 Å². The zero-order valence-corrected chi connectivity index (χ0v) is 15.2. The Balaban J connectivity index is 1.74. The zero-order chi connectivity index (χ0) is 15.1. The van der Waals surface area contributed by atoms with E-state index >= 15 is 0 Å². The third-order valence-corrected chi connectivity index (χ3v) is 6.78. The fourth-order valence-corrected chi connectivity index (χ4v) is 4.89. The average Bonchev–Trinajstić information content (AvgIpc) is 2.82. The van der Waals surface area contributed by atoms with E-state index in [2.05, 4.69) is 59.3 Å². The minimum atomic E-state index is 0.549. The van der Waals surface area contributed by atoms with Gasteiger partial charge in [-0.25, -0.2) is 0 Å². The lowest BCUT2D eigenvalue weighted by Crippen LogP contribution is -2.47. The van der Waals surface area contributed by atoms with Gasteiger partial charge in [0, 0.05) is 31.6 Å². The smallest absolute Gasteiger partial charge is 0.0738 e. The van der Waals surface area contributed by atoms with Gasteiger partial charge in [-0.1, -0.05) is 0 Å². The van der Waals surface area contributed by atoms with Crippen molar-refractivity contribution in [3.63, 3.8) is 0 Å². The van der Waals surface area contributed by atoms with Gasteiger partial charge in [-0.3, -0.25) is 4.68 Å². The first-order valence-corrected chi connectivity index (χ1v) is 8.87. The van der Waals surface area contributed by atoms with Crippen LogP contribution in [0.1, 0.15) is 37.1 Å². The Hall–Kier alpha value is -0.390. The molecule has 3 unspecified atom stereocenters. The number of likely N-dealkylation sites (N-methyl/N-ethyl adjacent to an activating group) is 1. The molecule has 0 aliphatic carbocycles. The second-order valence-electron chi connectivity index (χ2n) is 6.85. The first-order chi connectivity index (χ1) is 10.0. The van der Waals surface area contributed by atoms with Crippen LogP contribution in [0.5, 0.6) is 0 Å². The molecule has 118 valence electrons. The topological polar surface area (TPSA) is 33.1 Å². The van der Waals surface area contributed by atoms with E-state index in [0.29, 0.717) is 6.04 Å². The van der Waals surface area contributed by atoms with Crippen LogP contribution in [0.25, 0.3) is 0 Å². The van der Waals surface area contributed by atoms with Gasteiger partial charge in [0.2, 0.25) is 0 Å². The summed E-state index contributed by atoms with van der Waals surface area (Å²) in [6.45, 7) is 2.07. The van der Waals surface area contributed by atoms with Crippen LogP contribution in [0.4, 0.5) is 0 Å². The molecule has 3 heterocycles. The van der Waals surface area contributed by atoms with E-state index in [4.69, 9.17) is 0 Å². The molecule has 2 saturated heterocycles. The molecule has 0 amide bonds. The molecule has 0 saturated carbocycles. The summed E-state index contributed by atoms with van der Waals surface area (Å²) in [7, 11) is 6.48. The Morgan fingerprint density at radius 1 is 1.29 bits per heavy atom. The zero-order valence-electron chi connectivity index (χ0n) is 13.6. The van der Waals surface area contributed by atoms with Crippen LogP contribution in [-0.4, -0.2) is 46.9 Å². The predicted octanol–water partition coefficient (Wildman–Crippen LogP) is 2.49. The molecule has 5 heteroatoms. The van der Waals surface area contributed by atoms with Gasteiger partial charge in [-0.2, -0.15) is 5.10 Å². The predicted molar refractivity (Wildman–Crippen MR) is 89.5 cm³/mol. The highest BCUT2D eigenvalue weighted by molar-refractivity contribution is 9.10. The molecule has 21 heavy (non-hydrogen) atoms. The van der Waals surface area contributed by atoms with Crippen molar-refractivity contribution in [2.24, 2.45) is 13.0 Å². The van der Waals surface area contributed by atoms with E-state index < -0.39 is 0 Å². The number of halogens is 1. The van der Waals surface area contributed by atoms with Crippen molar-refractivity contribution < 1.29 is 0 Å². The molecule has 1 aromatic rings. The molecule has 4 nitrogen and oxygen atoms in total. The molecule has 1 N–H and O–H groups in total. The van der Waals surface area contributed by atoms with Crippen LogP contribution in [0.15, 0.2) is 4.47 Å². The molecule has 2 fully saturated rings. The van der Waals surface area contributed by atoms with Crippen molar-refractivity contribution in [1.29, 1.82) is 0 Å². The van der Waals surface area contributed by atoms with Gasteiger partial charge in [0.25, 0.3) is 0 Å². The van der Waals surface area contributed by atoms with Gasteiger partial charge in [0.15, 0.2) is 0 Å². The highest BCUT2D eigenvalue weighted by atomic mass is 79.9. The van der Waals surface area contributed by atoms with Crippen molar-refractivity contribution >= 4 is 15.9 Å². The molecule has 0 radical (unpaired) electrons. The number of nitrogens with one attached hydrogen (secondary N) is 1. The summed E-state index contributed by atoms with van der Waals surface area (Å²) in [5.74, 6) is 0.783. The third kappa shape index (κ3) is 2.80. The molecule has 2 bridgehead atoms. The fraction of sp³-hybridized carbons (Fsp3) is 0.812. The van der Waals surface area contributed by atoms with Crippen molar-refractivity contribution in [1.82, 2.24) is 20.0 Å². The average molecular weight is 355 g/mol. The number of nitrogens with zero attached hydrogens (tertiary/aromatic N) is 3. The van der Waals surface area contributed by atoms with Crippen LogP contribution in [0.2, 0.25) is 0 Å². The summed E-state index contributed by atoms with van der Waals surface area (Å²) >= 11 is 3.71. The SMILES string of the molecule is CNC(Cc1c(Br)c(C)nn1C)C1CC2CCC(C1)N2C. The van der Waals surface area contributed by atoms with E-state index in [-0.39, 0.29) is 0 Å². The van der Waals surface area contributed by atoms with E-state index in [9.17, 15) is 0 Å². The Bertz CT molecular complexity index is 499. The lowest BCUT2D eigenvalue weighted by molar-refractivity contribution is 0.113. The molecule has 1 aromatic heterocycles. The van der Waals surface area contributed by atoms with E-state index in [1.165, 1.54) is 35.8 Å². The Kier molecular flexibility index (Phi) is 4.44. The summed E-state index contributed by atoms with van der Waals surface area (Å²) < 4.78 is 3.22. The Morgan fingerprint density at radius 2 is 1.90 bits per heavy atom. The van der Waals surface area contributed by atoms with Gasteiger partial charge in [-0.15, -0.1) is 0 Å². The van der Waals surface area contributed by atoms with Gasteiger partial charge in [0.1, 0.15) is 0 Å². The largest absolute Gasteiger partial charge is 0.316 e. The van der Waals surface area contributed by atoms with E-state index in [1.54, 1.807) is 0 Å². The summed E-state index contributed by atoms with van der Waals surface area (Å²) in [5.41, 5.74) is 2.41. The van der Waals surface area contributed by atoms with E-state index in [1.807, 2.05) is 4.68 Å². The molecule has 2 aliphatic rings. The minimum Gasteiger partial charge on any atom is -0.316 e. The van der Waals surface area contributed by atoms with Crippen LogP contribution in [0, 0.1) is 12.8 Å². The molecule has 3 rings (SSSR count). The maximum absolute atomic E-state index is 4.53.